The Labute approximate surface area is 216 Å². The highest BCUT2D eigenvalue weighted by atomic mass is 32.2. The maximum Gasteiger partial charge on any atom is 0.239 e. The fourth-order valence-corrected chi connectivity index (χ4v) is 6.54. The van der Waals surface area contributed by atoms with Crippen molar-refractivity contribution in [2.75, 3.05) is 19.7 Å². The van der Waals surface area contributed by atoms with Crippen LogP contribution in [-0.4, -0.2) is 56.6 Å². The number of hydrogen-bond acceptors (Lipinski definition) is 7. The summed E-state index contributed by atoms with van der Waals surface area (Å²) in [6, 6.07) is 4.16. The number of carbonyl (C=O) groups excluding carboxylic acids is 1. The number of nitrogens with zero attached hydrogens (tertiary/aromatic N) is 4. The van der Waals surface area contributed by atoms with Crippen molar-refractivity contribution in [1.82, 2.24) is 14.9 Å². The summed E-state index contributed by atoms with van der Waals surface area (Å²) in [5.74, 6) is 0.692. The molecule has 2 fully saturated rings. The second-order valence-corrected chi connectivity index (χ2v) is 10.8. The van der Waals surface area contributed by atoms with Gasteiger partial charge in [0.15, 0.2) is 17.6 Å². The molecule has 0 radical (unpaired) electrons. The molecule has 1 amide bonds. The highest BCUT2D eigenvalue weighted by Crippen LogP contribution is 2.66. The predicted octanol–water partition coefficient (Wildman–Crippen LogP) is 3.70. The van der Waals surface area contributed by atoms with Crippen molar-refractivity contribution in [1.29, 1.82) is 0 Å². The molecular weight excluding hydrogens is 503 g/mol. The van der Waals surface area contributed by atoms with Crippen LogP contribution in [0, 0.1) is 24.1 Å². The molecular formula is C26H24F3N5O2S. The van der Waals surface area contributed by atoms with Crippen molar-refractivity contribution in [3.8, 4) is 18.2 Å². The first-order valence-electron chi connectivity index (χ1n) is 11.7. The molecule has 3 aliphatic rings. The third kappa shape index (κ3) is 4.55. The Bertz CT molecular complexity index is 1340. The summed E-state index contributed by atoms with van der Waals surface area (Å²) in [5, 5.41) is 0.162. The molecule has 1 aromatic heterocycles. The third-order valence-electron chi connectivity index (χ3n) is 7.00. The van der Waals surface area contributed by atoms with Gasteiger partial charge in [0.05, 0.1) is 24.5 Å². The Morgan fingerprint density at radius 1 is 1.41 bits per heavy atom. The Morgan fingerprint density at radius 3 is 2.89 bits per heavy atom. The molecule has 192 valence electrons. The second kappa shape index (κ2) is 9.41. The SMILES string of the molecule is C#CCOc1cnc(/C(F)=C/c2ccc(F)c([C@@]3(C)N=C(N)S[C@@]4(C(=O)N5CC[C@@H](F)C5)CC43)c2)cn1. The number of likely N-dealkylation sites (tertiary alicyclic amines) is 1. The van der Waals surface area contributed by atoms with Crippen LogP contribution in [0.4, 0.5) is 13.2 Å². The van der Waals surface area contributed by atoms with Gasteiger partial charge in [-0.3, -0.25) is 9.79 Å². The zero-order chi connectivity index (χ0) is 26.4. The first-order chi connectivity index (χ1) is 17.7. The minimum absolute atomic E-state index is 0.0112. The van der Waals surface area contributed by atoms with Crippen molar-refractivity contribution >= 4 is 34.7 Å². The lowest BCUT2D eigenvalue weighted by atomic mass is 9.84. The molecule has 1 aliphatic carbocycles. The van der Waals surface area contributed by atoms with Crippen molar-refractivity contribution in [2.24, 2.45) is 16.6 Å². The van der Waals surface area contributed by atoms with E-state index in [0.29, 0.717) is 24.9 Å². The molecule has 0 bridgehead atoms. The molecule has 3 heterocycles. The number of alkyl halides is 1. The van der Waals surface area contributed by atoms with Crippen LogP contribution in [0.5, 0.6) is 5.88 Å². The summed E-state index contributed by atoms with van der Waals surface area (Å²) in [5.41, 5.74) is 5.52. The van der Waals surface area contributed by atoms with Crippen LogP contribution in [0.15, 0.2) is 35.6 Å². The molecule has 7 nitrogen and oxygen atoms in total. The lowest BCUT2D eigenvalue weighted by Crippen LogP contribution is -2.45. The number of aromatic nitrogens is 2. The van der Waals surface area contributed by atoms with Crippen LogP contribution < -0.4 is 10.5 Å². The molecule has 1 saturated carbocycles. The molecule has 37 heavy (non-hydrogen) atoms. The van der Waals surface area contributed by atoms with E-state index in [4.69, 9.17) is 16.9 Å². The van der Waals surface area contributed by atoms with Gasteiger partial charge in [0, 0.05) is 18.0 Å². The van der Waals surface area contributed by atoms with Crippen molar-refractivity contribution < 1.29 is 22.7 Å². The number of amidine groups is 1. The molecule has 11 heteroatoms. The number of amides is 1. The van der Waals surface area contributed by atoms with Crippen LogP contribution in [0.3, 0.4) is 0 Å². The number of terminal acetylenes is 1. The summed E-state index contributed by atoms with van der Waals surface area (Å²) >= 11 is 1.16. The largest absolute Gasteiger partial charge is 0.463 e. The van der Waals surface area contributed by atoms with Gasteiger partial charge in [0.25, 0.3) is 0 Å². The van der Waals surface area contributed by atoms with Gasteiger partial charge in [-0.15, -0.1) is 6.42 Å². The lowest BCUT2D eigenvalue weighted by molar-refractivity contribution is -0.131. The van der Waals surface area contributed by atoms with Crippen LogP contribution in [0.1, 0.15) is 36.6 Å². The van der Waals surface area contributed by atoms with E-state index >= 15 is 4.39 Å². The Hall–Kier alpha value is -3.52. The van der Waals surface area contributed by atoms with Crippen LogP contribution >= 0.6 is 11.8 Å². The first kappa shape index (κ1) is 25.1. The predicted molar refractivity (Wildman–Crippen MR) is 135 cm³/mol. The van der Waals surface area contributed by atoms with Crippen LogP contribution in [-0.2, 0) is 10.3 Å². The molecule has 4 atom stereocenters. The number of benzene rings is 1. The number of carbonyl (C=O) groups is 1. The number of rotatable bonds is 6. The standard InChI is InChI=1S/C26H24F3N5O2S/c1-3-8-36-22-13-31-20(12-32-22)19(29)10-15-4-5-18(28)17(9-15)25(2)21-11-26(21,37-24(30)33-25)23(35)34-7-6-16(27)14-34/h1,4-5,9-10,12-13,16,21H,6-8,11,14H2,2H3,(H2,30,33)/b19-10-/t16-,21?,25-,26+/m1/s1. The number of ether oxygens (including phenoxy) is 1. The summed E-state index contributed by atoms with van der Waals surface area (Å²) < 4.78 is 48.1. The van der Waals surface area contributed by atoms with E-state index in [1.165, 1.54) is 41.6 Å². The van der Waals surface area contributed by atoms with Crippen molar-refractivity contribution in [3.63, 3.8) is 0 Å². The quantitative estimate of drug-likeness (QED) is 0.576. The average Bonchev–Trinajstić information content (AvgIpc) is 3.48. The van der Waals surface area contributed by atoms with Crippen LogP contribution in [0.25, 0.3) is 11.9 Å². The van der Waals surface area contributed by atoms with Gasteiger partial charge in [-0.25, -0.2) is 23.1 Å². The summed E-state index contributed by atoms with van der Waals surface area (Å²) in [6.45, 7) is 2.13. The maximum absolute atomic E-state index is 15.2. The molecule has 2 aliphatic heterocycles. The minimum atomic E-state index is -1.15. The highest BCUT2D eigenvalue weighted by molar-refractivity contribution is 8.15. The minimum Gasteiger partial charge on any atom is -0.463 e. The van der Waals surface area contributed by atoms with Gasteiger partial charge in [-0.2, -0.15) is 0 Å². The number of hydrogen-bond donors (Lipinski definition) is 1. The van der Waals surface area contributed by atoms with E-state index in [0.717, 1.165) is 11.8 Å². The summed E-state index contributed by atoms with van der Waals surface area (Å²) in [4.78, 5) is 27.4. The van der Waals surface area contributed by atoms with E-state index < -0.39 is 28.1 Å². The summed E-state index contributed by atoms with van der Waals surface area (Å²) in [6.07, 6.45) is 8.49. The van der Waals surface area contributed by atoms with Gasteiger partial charge in [0.1, 0.15) is 22.4 Å². The number of aliphatic imine (C=N–C) groups is 1. The number of fused-ring (bicyclic) bond motifs is 1. The third-order valence-corrected chi connectivity index (χ3v) is 8.29. The fourth-order valence-electron chi connectivity index (χ4n) is 5.09. The Balaban J connectivity index is 1.43. The Morgan fingerprint density at radius 2 is 2.22 bits per heavy atom. The van der Waals surface area contributed by atoms with E-state index in [1.807, 2.05) is 0 Å². The normalized spacial score (nSPS) is 28.8. The van der Waals surface area contributed by atoms with Gasteiger partial charge in [-0.05, 0) is 43.5 Å². The zero-order valence-electron chi connectivity index (χ0n) is 20.0. The van der Waals surface area contributed by atoms with E-state index in [-0.39, 0.29) is 47.3 Å². The zero-order valence-corrected chi connectivity index (χ0v) is 20.8. The van der Waals surface area contributed by atoms with Crippen molar-refractivity contribution in [3.05, 3.63) is 53.2 Å². The van der Waals surface area contributed by atoms with Crippen molar-refractivity contribution in [2.45, 2.75) is 36.2 Å². The van der Waals surface area contributed by atoms with E-state index in [9.17, 15) is 13.6 Å². The second-order valence-electron chi connectivity index (χ2n) is 9.45. The van der Waals surface area contributed by atoms with Gasteiger partial charge in [-0.1, -0.05) is 23.7 Å². The first-order valence-corrected chi connectivity index (χ1v) is 12.5. The smallest absolute Gasteiger partial charge is 0.239 e. The van der Waals surface area contributed by atoms with Crippen LogP contribution in [0.2, 0.25) is 0 Å². The molecule has 1 unspecified atom stereocenters. The molecule has 0 spiro atoms. The van der Waals surface area contributed by atoms with E-state index in [1.54, 1.807) is 6.92 Å². The topological polar surface area (TPSA) is 93.7 Å². The average molecular weight is 528 g/mol. The number of nitrogens with two attached hydrogens (primary N) is 1. The lowest BCUT2D eigenvalue weighted by Gasteiger charge is -2.35. The Kier molecular flexibility index (Phi) is 6.40. The van der Waals surface area contributed by atoms with Gasteiger partial charge >= 0.3 is 0 Å². The molecule has 2 aromatic rings. The fraction of sp³-hybridized carbons (Fsp3) is 0.385. The van der Waals surface area contributed by atoms with Gasteiger partial charge < -0.3 is 15.4 Å². The molecule has 5 rings (SSSR count). The molecule has 1 saturated heterocycles. The highest BCUT2D eigenvalue weighted by Gasteiger charge is 2.71. The van der Waals surface area contributed by atoms with E-state index in [2.05, 4.69) is 20.9 Å². The monoisotopic (exact) mass is 527 g/mol. The molecule has 2 N–H and O–H groups in total. The molecule has 1 aromatic carbocycles. The number of thioether (sulfide) groups is 1. The number of halogens is 3. The van der Waals surface area contributed by atoms with Gasteiger partial charge in [0.2, 0.25) is 11.8 Å². The maximum atomic E-state index is 15.2. The summed E-state index contributed by atoms with van der Waals surface area (Å²) in [7, 11) is 0.